The van der Waals surface area contributed by atoms with E-state index >= 15 is 0 Å². The highest BCUT2D eigenvalue weighted by Crippen LogP contribution is 2.17. The van der Waals surface area contributed by atoms with Gasteiger partial charge in [0.05, 0.1) is 18.4 Å². The number of ether oxygens (including phenoxy) is 1. The van der Waals surface area contributed by atoms with Gasteiger partial charge in [0, 0.05) is 7.05 Å². The Hall–Kier alpha value is -1.49. The lowest BCUT2D eigenvalue weighted by Crippen LogP contribution is -2.20. The highest BCUT2D eigenvalue weighted by atomic mass is 35.5. The van der Waals surface area contributed by atoms with Crippen molar-refractivity contribution in [1.29, 1.82) is 0 Å². The molecule has 0 fully saturated rings. The van der Waals surface area contributed by atoms with Crippen molar-refractivity contribution in [1.82, 2.24) is 14.0 Å². The minimum atomic E-state index is -0.122. The van der Waals surface area contributed by atoms with Crippen LogP contribution >= 0.6 is 11.6 Å². The van der Waals surface area contributed by atoms with Crippen LogP contribution in [0.15, 0.2) is 11.0 Å². The van der Waals surface area contributed by atoms with Crippen molar-refractivity contribution in [2.75, 3.05) is 6.61 Å². The molecule has 0 unspecified atom stereocenters. The van der Waals surface area contributed by atoms with Gasteiger partial charge in [-0.25, -0.2) is 4.40 Å². The van der Waals surface area contributed by atoms with E-state index in [2.05, 4.69) is 4.98 Å². The molecule has 0 aliphatic carbocycles. The summed E-state index contributed by atoms with van der Waals surface area (Å²) in [5.41, 5.74) is 0.454. The van der Waals surface area contributed by atoms with E-state index in [0.29, 0.717) is 35.4 Å². The van der Waals surface area contributed by atoms with E-state index in [-0.39, 0.29) is 5.56 Å². The van der Waals surface area contributed by atoms with Crippen LogP contribution in [0.4, 0.5) is 0 Å². The summed E-state index contributed by atoms with van der Waals surface area (Å²) < 4.78 is 8.49. The van der Waals surface area contributed by atoms with Crippen molar-refractivity contribution in [3.63, 3.8) is 0 Å². The van der Waals surface area contributed by atoms with E-state index < -0.39 is 0 Å². The van der Waals surface area contributed by atoms with Gasteiger partial charge >= 0.3 is 0 Å². The molecular weight excluding hydrogens is 242 g/mol. The summed E-state index contributed by atoms with van der Waals surface area (Å²) >= 11 is 5.97. The highest BCUT2D eigenvalue weighted by molar-refractivity contribution is 6.29. The zero-order valence-corrected chi connectivity index (χ0v) is 10.8. The normalized spacial score (nSPS) is 11.1. The van der Waals surface area contributed by atoms with Crippen molar-refractivity contribution < 1.29 is 4.74 Å². The van der Waals surface area contributed by atoms with Gasteiger partial charge in [0.25, 0.3) is 5.56 Å². The predicted molar refractivity (Wildman–Crippen MR) is 66.0 cm³/mol. The molecule has 5 nitrogen and oxygen atoms in total. The van der Waals surface area contributed by atoms with E-state index in [1.54, 1.807) is 17.8 Å². The Morgan fingerprint density at radius 1 is 1.47 bits per heavy atom. The van der Waals surface area contributed by atoms with E-state index in [4.69, 9.17) is 16.3 Å². The monoisotopic (exact) mass is 255 g/mol. The van der Waals surface area contributed by atoms with Gasteiger partial charge in [-0.1, -0.05) is 18.5 Å². The van der Waals surface area contributed by atoms with Crippen LogP contribution < -0.4 is 10.3 Å². The molecule has 0 aliphatic rings. The van der Waals surface area contributed by atoms with E-state index in [1.165, 1.54) is 4.40 Å². The smallest absolute Gasteiger partial charge is 0.266 e. The Labute approximate surface area is 104 Å². The zero-order valence-electron chi connectivity index (χ0n) is 10.0. The first-order chi connectivity index (χ1) is 8.10. The summed E-state index contributed by atoms with van der Waals surface area (Å²) in [5, 5.41) is 0.463. The predicted octanol–water partition coefficient (Wildman–Crippen LogP) is 1.65. The third-order valence-corrected chi connectivity index (χ3v) is 2.99. The van der Waals surface area contributed by atoms with Crippen LogP contribution in [0.2, 0.25) is 5.15 Å². The molecule has 2 aromatic heterocycles. The molecule has 0 saturated carbocycles. The number of fused-ring (bicyclic) bond motifs is 1. The lowest BCUT2D eigenvalue weighted by molar-refractivity contribution is 0.322. The summed E-state index contributed by atoms with van der Waals surface area (Å²) in [6, 6.07) is 0. The minimum Gasteiger partial charge on any atom is -0.478 e. The average molecular weight is 256 g/mol. The third-order valence-electron chi connectivity index (χ3n) is 2.64. The molecule has 0 amide bonds. The lowest BCUT2D eigenvalue weighted by Gasteiger charge is -2.07. The summed E-state index contributed by atoms with van der Waals surface area (Å²) in [7, 11) is 1.76. The molecule has 0 saturated heterocycles. The molecule has 2 heterocycles. The van der Waals surface area contributed by atoms with Crippen molar-refractivity contribution in [2.45, 2.75) is 20.3 Å². The maximum Gasteiger partial charge on any atom is 0.266 e. The van der Waals surface area contributed by atoms with Gasteiger partial charge in [0.2, 0.25) is 11.7 Å². The Bertz CT molecular complexity index is 615. The van der Waals surface area contributed by atoms with Crippen molar-refractivity contribution in [3.05, 3.63) is 27.3 Å². The quantitative estimate of drug-likeness (QED) is 0.838. The van der Waals surface area contributed by atoms with E-state index in [0.717, 1.165) is 0 Å². The standard InChI is InChI=1S/C11H14ClN3O2/c1-4-7-9(17-5-2)13-11-14(3)8(12)6-15(11)10(7)16/h6H,4-5H2,1-3H3. The number of nitrogens with zero attached hydrogens (tertiary/aromatic N) is 3. The van der Waals surface area contributed by atoms with Crippen LogP contribution in [0.1, 0.15) is 19.4 Å². The van der Waals surface area contributed by atoms with Crippen molar-refractivity contribution in [2.24, 2.45) is 7.05 Å². The summed E-state index contributed by atoms with van der Waals surface area (Å²) in [5.74, 6) is 0.888. The summed E-state index contributed by atoms with van der Waals surface area (Å²) in [6.07, 6.45) is 2.15. The second-order valence-electron chi connectivity index (χ2n) is 3.67. The van der Waals surface area contributed by atoms with Gasteiger partial charge in [-0.15, -0.1) is 0 Å². The number of aromatic nitrogens is 3. The third kappa shape index (κ3) is 1.80. The van der Waals surface area contributed by atoms with Crippen LogP contribution in [0.3, 0.4) is 0 Å². The van der Waals surface area contributed by atoms with Gasteiger partial charge in [0.15, 0.2) is 0 Å². The first kappa shape index (κ1) is 12.0. The number of imidazole rings is 1. The number of halogens is 1. The molecule has 17 heavy (non-hydrogen) atoms. The molecule has 0 aliphatic heterocycles. The SMILES string of the molecule is CCOc1nc2n(C)c(Cl)cn2c(=O)c1CC. The topological polar surface area (TPSA) is 48.5 Å². The second kappa shape index (κ2) is 4.41. The maximum atomic E-state index is 12.2. The van der Waals surface area contributed by atoms with Gasteiger partial charge in [-0.2, -0.15) is 4.98 Å². The Kier molecular flexibility index (Phi) is 3.11. The molecular formula is C11H14ClN3O2. The van der Waals surface area contributed by atoms with Crippen molar-refractivity contribution in [3.8, 4) is 5.88 Å². The molecule has 0 N–H and O–H groups in total. The molecule has 0 aromatic carbocycles. The van der Waals surface area contributed by atoms with Crippen LogP contribution in [0, 0.1) is 0 Å². The van der Waals surface area contributed by atoms with Crippen LogP contribution in [-0.4, -0.2) is 20.6 Å². The number of hydrogen-bond donors (Lipinski definition) is 0. The van der Waals surface area contributed by atoms with Gasteiger partial charge in [0.1, 0.15) is 5.15 Å². The molecule has 2 aromatic rings. The molecule has 0 spiro atoms. The number of rotatable bonds is 3. The lowest BCUT2D eigenvalue weighted by atomic mass is 10.2. The van der Waals surface area contributed by atoms with Crippen molar-refractivity contribution >= 4 is 17.4 Å². The summed E-state index contributed by atoms with van der Waals surface area (Å²) in [4.78, 5) is 16.5. The average Bonchev–Trinajstić information content (AvgIpc) is 2.58. The molecule has 92 valence electrons. The fraction of sp³-hybridized carbons (Fsp3) is 0.455. The largest absolute Gasteiger partial charge is 0.478 e. The molecule has 0 atom stereocenters. The van der Waals surface area contributed by atoms with Crippen LogP contribution in [-0.2, 0) is 13.5 Å². The van der Waals surface area contributed by atoms with Gasteiger partial charge in [-0.05, 0) is 13.3 Å². The molecule has 6 heteroatoms. The first-order valence-corrected chi connectivity index (χ1v) is 5.87. The molecule has 2 rings (SSSR count). The van der Waals surface area contributed by atoms with E-state index in [9.17, 15) is 4.79 Å². The van der Waals surface area contributed by atoms with Crippen LogP contribution in [0.25, 0.3) is 5.78 Å². The minimum absolute atomic E-state index is 0.122. The van der Waals surface area contributed by atoms with Crippen LogP contribution in [0.5, 0.6) is 5.88 Å². The Balaban J connectivity index is 2.83. The van der Waals surface area contributed by atoms with E-state index in [1.807, 2.05) is 13.8 Å². The Morgan fingerprint density at radius 2 is 2.18 bits per heavy atom. The zero-order chi connectivity index (χ0) is 12.6. The fourth-order valence-corrected chi connectivity index (χ4v) is 1.91. The Morgan fingerprint density at radius 3 is 2.76 bits per heavy atom. The second-order valence-corrected chi connectivity index (χ2v) is 4.06. The summed E-state index contributed by atoms with van der Waals surface area (Å²) in [6.45, 7) is 4.24. The number of hydrogen-bond acceptors (Lipinski definition) is 3. The fourth-order valence-electron chi connectivity index (χ4n) is 1.74. The molecule has 0 bridgehead atoms. The number of aryl methyl sites for hydroxylation is 1. The highest BCUT2D eigenvalue weighted by Gasteiger charge is 2.15. The van der Waals surface area contributed by atoms with Gasteiger partial charge < -0.3 is 9.30 Å². The molecule has 0 radical (unpaired) electrons. The van der Waals surface area contributed by atoms with Gasteiger partial charge in [-0.3, -0.25) is 4.79 Å². The maximum absolute atomic E-state index is 12.2. The first-order valence-electron chi connectivity index (χ1n) is 5.49.